The molecular formula is C13H20O2. The van der Waals surface area contributed by atoms with Crippen molar-refractivity contribution in [3.8, 4) is 0 Å². The molecule has 0 aromatic heterocycles. The van der Waals surface area contributed by atoms with E-state index in [1.165, 1.54) is 0 Å². The van der Waals surface area contributed by atoms with Gasteiger partial charge in [0.1, 0.15) is 6.10 Å². The van der Waals surface area contributed by atoms with Crippen molar-refractivity contribution in [3.05, 3.63) is 35.4 Å². The molecule has 15 heavy (non-hydrogen) atoms. The molecule has 0 saturated heterocycles. The molecule has 0 aliphatic carbocycles. The molecule has 0 saturated carbocycles. The number of aryl methyl sites for hydroxylation is 1. The van der Waals surface area contributed by atoms with E-state index in [0.29, 0.717) is 12.8 Å². The molecule has 0 radical (unpaired) electrons. The molecule has 1 aromatic carbocycles. The average molecular weight is 208 g/mol. The minimum Gasteiger partial charge on any atom is -0.387 e. The first-order valence-corrected chi connectivity index (χ1v) is 5.50. The van der Waals surface area contributed by atoms with E-state index in [0.717, 1.165) is 11.1 Å². The van der Waals surface area contributed by atoms with E-state index in [-0.39, 0.29) is 0 Å². The SMILES string of the molecule is CCC(O)(CC)C(O)c1cccc(C)c1. The quantitative estimate of drug-likeness (QED) is 0.798. The number of aliphatic hydroxyl groups is 2. The van der Waals surface area contributed by atoms with Crippen LogP contribution in [0.5, 0.6) is 0 Å². The fraction of sp³-hybridized carbons (Fsp3) is 0.538. The van der Waals surface area contributed by atoms with E-state index in [4.69, 9.17) is 0 Å². The fourth-order valence-corrected chi connectivity index (χ4v) is 1.79. The summed E-state index contributed by atoms with van der Waals surface area (Å²) in [5.41, 5.74) is 0.885. The van der Waals surface area contributed by atoms with E-state index < -0.39 is 11.7 Å². The summed E-state index contributed by atoms with van der Waals surface area (Å²) in [4.78, 5) is 0. The summed E-state index contributed by atoms with van der Waals surface area (Å²) in [6.45, 7) is 5.76. The van der Waals surface area contributed by atoms with Gasteiger partial charge in [0, 0.05) is 0 Å². The van der Waals surface area contributed by atoms with Crippen LogP contribution in [0.1, 0.15) is 43.9 Å². The smallest absolute Gasteiger partial charge is 0.108 e. The van der Waals surface area contributed by atoms with Gasteiger partial charge in [-0.2, -0.15) is 0 Å². The first-order chi connectivity index (χ1) is 7.03. The molecule has 0 spiro atoms. The van der Waals surface area contributed by atoms with Crippen LogP contribution in [0.4, 0.5) is 0 Å². The summed E-state index contributed by atoms with van der Waals surface area (Å²) >= 11 is 0. The van der Waals surface area contributed by atoms with Crippen LogP contribution < -0.4 is 0 Å². The van der Waals surface area contributed by atoms with Gasteiger partial charge in [-0.1, -0.05) is 43.7 Å². The summed E-state index contributed by atoms with van der Waals surface area (Å²) in [6, 6.07) is 7.65. The van der Waals surface area contributed by atoms with E-state index in [1.807, 2.05) is 45.0 Å². The second kappa shape index (κ2) is 4.77. The van der Waals surface area contributed by atoms with Gasteiger partial charge in [0.2, 0.25) is 0 Å². The van der Waals surface area contributed by atoms with Gasteiger partial charge in [-0.15, -0.1) is 0 Å². The van der Waals surface area contributed by atoms with Crippen LogP contribution in [0.3, 0.4) is 0 Å². The van der Waals surface area contributed by atoms with E-state index >= 15 is 0 Å². The van der Waals surface area contributed by atoms with Crippen LogP contribution in [0.15, 0.2) is 24.3 Å². The zero-order valence-corrected chi connectivity index (χ0v) is 9.70. The van der Waals surface area contributed by atoms with E-state index in [1.54, 1.807) is 0 Å². The summed E-state index contributed by atoms with van der Waals surface area (Å²) < 4.78 is 0. The highest BCUT2D eigenvalue weighted by Gasteiger charge is 2.32. The van der Waals surface area contributed by atoms with Gasteiger partial charge in [-0.05, 0) is 25.3 Å². The first kappa shape index (κ1) is 12.2. The molecule has 1 rings (SSSR count). The lowest BCUT2D eigenvalue weighted by atomic mass is 9.86. The lowest BCUT2D eigenvalue weighted by Gasteiger charge is -2.31. The molecule has 1 aromatic rings. The Labute approximate surface area is 91.6 Å². The lowest BCUT2D eigenvalue weighted by Crippen LogP contribution is -2.34. The minimum atomic E-state index is -1.01. The summed E-state index contributed by atoms with van der Waals surface area (Å²) in [5, 5.41) is 20.3. The third kappa shape index (κ3) is 2.58. The zero-order valence-electron chi connectivity index (χ0n) is 9.70. The number of benzene rings is 1. The predicted octanol–water partition coefficient (Wildman–Crippen LogP) is 2.58. The van der Waals surface area contributed by atoms with Crippen LogP contribution in [0, 0.1) is 6.92 Å². The van der Waals surface area contributed by atoms with Crippen molar-refractivity contribution in [2.24, 2.45) is 0 Å². The number of hydrogen-bond donors (Lipinski definition) is 2. The molecule has 0 fully saturated rings. The molecule has 0 aliphatic rings. The van der Waals surface area contributed by atoms with Crippen LogP contribution in [0.25, 0.3) is 0 Å². The molecule has 0 aliphatic heterocycles. The standard InChI is InChI=1S/C13H20O2/c1-4-13(15,5-2)12(14)11-8-6-7-10(3)9-11/h6-9,12,14-15H,4-5H2,1-3H3. The van der Waals surface area contributed by atoms with Crippen molar-refractivity contribution < 1.29 is 10.2 Å². The predicted molar refractivity (Wildman–Crippen MR) is 61.7 cm³/mol. The molecule has 0 bridgehead atoms. The third-order valence-electron chi connectivity index (χ3n) is 3.09. The maximum absolute atomic E-state index is 10.2. The monoisotopic (exact) mass is 208 g/mol. The maximum atomic E-state index is 10.2. The minimum absolute atomic E-state index is 0.554. The Hall–Kier alpha value is -0.860. The van der Waals surface area contributed by atoms with Gasteiger partial charge in [0.15, 0.2) is 0 Å². The first-order valence-electron chi connectivity index (χ1n) is 5.50. The average Bonchev–Trinajstić information content (AvgIpc) is 2.27. The van der Waals surface area contributed by atoms with Crippen molar-refractivity contribution in [1.82, 2.24) is 0 Å². The summed E-state index contributed by atoms with van der Waals surface area (Å²) in [7, 11) is 0. The summed E-state index contributed by atoms with van der Waals surface area (Å²) in [6.07, 6.45) is 0.310. The maximum Gasteiger partial charge on any atom is 0.108 e. The number of aliphatic hydroxyl groups excluding tert-OH is 1. The highest BCUT2D eigenvalue weighted by atomic mass is 16.3. The molecule has 84 valence electrons. The Morgan fingerprint density at radius 3 is 2.33 bits per heavy atom. The van der Waals surface area contributed by atoms with Crippen LogP contribution in [0.2, 0.25) is 0 Å². The molecule has 0 amide bonds. The second-order valence-electron chi connectivity index (χ2n) is 4.13. The molecule has 2 heteroatoms. The molecule has 1 atom stereocenters. The largest absolute Gasteiger partial charge is 0.387 e. The Bertz CT molecular complexity index is 316. The normalized spacial score (nSPS) is 13.9. The topological polar surface area (TPSA) is 40.5 Å². The summed E-state index contributed by atoms with van der Waals surface area (Å²) in [5.74, 6) is 0. The van der Waals surface area contributed by atoms with Crippen molar-refractivity contribution in [2.45, 2.75) is 45.3 Å². The van der Waals surface area contributed by atoms with Crippen LogP contribution in [-0.2, 0) is 0 Å². The molecule has 2 N–H and O–H groups in total. The fourth-order valence-electron chi connectivity index (χ4n) is 1.79. The van der Waals surface area contributed by atoms with Gasteiger partial charge >= 0.3 is 0 Å². The van der Waals surface area contributed by atoms with Crippen molar-refractivity contribution in [2.75, 3.05) is 0 Å². The number of rotatable bonds is 4. The van der Waals surface area contributed by atoms with Crippen LogP contribution >= 0.6 is 0 Å². The zero-order chi connectivity index (χ0) is 11.5. The highest BCUT2D eigenvalue weighted by molar-refractivity contribution is 5.25. The van der Waals surface area contributed by atoms with Gasteiger partial charge < -0.3 is 10.2 Å². The Morgan fingerprint density at radius 1 is 1.27 bits per heavy atom. The molecule has 2 nitrogen and oxygen atoms in total. The number of hydrogen-bond acceptors (Lipinski definition) is 2. The van der Waals surface area contributed by atoms with Gasteiger partial charge in [0.05, 0.1) is 5.60 Å². The van der Waals surface area contributed by atoms with E-state index in [9.17, 15) is 10.2 Å². The molecule has 1 unspecified atom stereocenters. The Kier molecular flexibility index (Phi) is 3.89. The van der Waals surface area contributed by atoms with Gasteiger partial charge in [0.25, 0.3) is 0 Å². The third-order valence-corrected chi connectivity index (χ3v) is 3.09. The molecule has 0 heterocycles. The highest BCUT2D eigenvalue weighted by Crippen LogP contribution is 2.31. The lowest BCUT2D eigenvalue weighted by molar-refractivity contribution is -0.0820. The van der Waals surface area contributed by atoms with Crippen molar-refractivity contribution in [3.63, 3.8) is 0 Å². The van der Waals surface area contributed by atoms with Crippen molar-refractivity contribution in [1.29, 1.82) is 0 Å². The van der Waals surface area contributed by atoms with Gasteiger partial charge in [-0.25, -0.2) is 0 Å². The second-order valence-corrected chi connectivity index (χ2v) is 4.13. The van der Waals surface area contributed by atoms with Crippen LogP contribution in [-0.4, -0.2) is 15.8 Å². The van der Waals surface area contributed by atoms with Gasteiger partial charge in [-0.3, -0.25) is 0 Å². The van der Waals surface area contributed by atoms with E-state index in [2.05, 4.69) is 0 Å². The van der Waals surface area contributed by atoms with Crippen molar-refractivity contribution >= 4 is 0 Å². The Balaban J connectivity index is 2.97. The molecular weight excluding hydrogens is 188 g/mol. The Morgan fingerprint density at radius 2 is 1.87 bits per heavy atom.